The molecule has 0 atom stereocenters. The maximum atomic E-state index is 5.42. The van der Waals surface area contributed by atoms with Crippen molar-refractivity contribution in [3.05, 3.63) is 23.8 Å². The molecule has 0 aromatic heterocycles. The first kappa shape index (κ1) is 10.9. The molecule has 0 unspecified atom stereocenters. The smallest absolute Gasteiger partial charge is 0.122 e. The van der Waals surface area contributed by atoms with Gasteiger partial charge in [-0.15, -0.1) is 0 Å². The van der Waals surface area contributed by atoms with Gasteiger partial charge in [0, 0.05) is 18.8 Å². The van der Waals surface area contributed by atoms with Gasteiger partial charge in [0.15, 0.2) is 0 Å². The van der Waals surface area contributed by atoms with Gasteiger partial charge in [0.2, 0.25) is 0 Å². The Bertz CT molecular complexity index is 287. The Labute approximate surface area is 85.3 Å². The molecule has 0 aliphatic heterocycles. The first-order valence-corrected chi connectivity index (χ1v) is 4.92. The molecule has 3 nitrogen and oxygen atoms in total. The lowest BCUT2D eigenvalue weighted by atomic mass is 10.1. The molecule has 0 amide bonds. The maximum absolute atomic E-state index is 5.42. The van der Waals surface area contributed by atoms with Crippen molar-refractivity contribution in [2.45, 2.75) is 13.3 Å². The van der Waals surface area contributed by atoms with E-state index >= 15 is 0 Å². The topological polar surface area (TPSA) is 47.3 Å². The Morgan fingerprint density at radius 2 is 2.21 bits per heavy atom. The highest BCUT2D eigenvalue weighted by molar-refractivity contribution is 5.51. The lowest BCUT2D eigenvalue weighted by molar-refractivity contribution is 0.410. The molecular formula is C11H18N2O. The second kappa shape index (κ2) is 5.50. The number of hydrogen-bond donors (Lipinski definition) is 2. The Kier molecular flexibility index (Phi) is 4.26. The minimum atomic E-state index is 0.646. The normalized spacial score (nSPS) is 9.93. The zero-order valence-corrected chi connectivity index (χ0v) is 8.84. The van der Waals surface area contributed by atoms with E-state index in [1.54, 1.807) is 7.11 Å². The molecule has 0 aliphatic rings. The second-order valence-corrected chi connectivity index (χ2v) is 3.10. The molecule has 0 spiro atoms. The number of aryl methyl sites for hydroxylation is 1. The van der Waals surface area contributed by atoms with Crippen LogP contribution in [0.2, 0.25) is 0 Å². The third-order valence-electron chi connectivity index (χ3n) is 2.13. The van der Waals surface area contributed by atoms with E-state index in [0.29, 0.717) is 6.54 Å². The zero-order chi connectivity index (χ0) is 10.4. The van der Waals surface area contributed by atoms with Crippen LogP contribution in [0.1, 0.15) is 12.5 Å². The molecule has 1 aromatic rings. The van der Waals surface area contributed by atoms with Crippen molar-refractivity contribution < 1.29 is 4.74 Å². The fourth-order valence-corrected chi connectivity index (χ4v) is 1.38. The van der Waals surface area contributed by atoms with E-state index in [1.165, 1.54) is 5.56 Å². The van der Waals surface area contributed by atoms with Crippen molar-refractivity contribution in [1.29, 1.82) is 0 Å². The van der Waals surface area contributed by atoms with Gasteiger partial charge >= 0.3 is 0 Å². The highest BCUT2D eigenvalue weighted by atomic mass is 16.5. The van der Waals surface area contributed by atoms with E-state index < -0.39 is 0 Å². The van der Waals surface area contributed by atoms with Crippen LogP contribution < -0.4 is 15.8 Å². The third-order valence-corrected chi connectivity index (χ3v) is 2.13. The average molecular weight is 194 g/mol. The van der Waals surface area contributed by atoms with E-state index in [4.69, 9.17) is 10.5 Å². The summed E-state index contributed by atoms with van der Waals surface area (Å²) in [6.45, 7) is 3.56. The Morgan fingerprint density at radius 1 is 1.43 bits per heavy atom. The molecule has 0 saturated heterocycles. The Balaban J connectivity index is 2.79. The zero-order valence-electron chi connectivity index (χ0n) is 8.84. The van der Waals surface area contributed by atoms with Crippen LogP contribution in [0.25, 0.3) is 0 Å². The fourth-order valence-electron chi connectivity index (χ4n) is 1.38. The van der Waals surface area contributed by atoms with E-state index in [2.05, 4.69) is 18.3 Å². The first-order valence-electron chi connectivity index (χ1n) is 4.92. The van der Waals surface area contributed by atoms with E-state index in [9.17, 15) is 0 Å². The predicted molar refractivity (Wildman–Crippen MR) is 59.9 cm³/mol. The molecule has 78 valence electrons. The van der Waals surface area contributed by atoms with Crippen LogP contribution in [-0.4, -0.2) is 20.2 Å². The summed E-state index contributed by atoms with van der Waals surface area (Å²) in [6, 6.07) is 6.10. The Morgan fingerprint density at radius 3 is 2.79 bits per heavy atom. The number of benzene rings is 1. The van der Waals surface area contributed by atoms with Gasteiger partial charge in [-0.05, 0) is 30.2 Å². The van der Waals surface area contributed by atoms with Gasteiger partial charge in [-0.2, -0.15) is 0 Å². The second-order valence-electron chi connectivity index (χ2n) is 3.10. The van der Waals surface area contributed by atoms with Crippen molar-refractivity contribution in [3.63, 3.8) is 0 Å². The molecule has 0 bridgehead atoms. The highest BCUT2D eigenvalue weighted by Crippen LogP contribution is 2.22. The van der Waals surface area contributed by atoms with Crippen molar-refractivity contribution in [2.24, 2.45) is 5.73 Å². The van der Waals surface area contributed by atoms with Crippen LogP contribution in [0.4, 0.5) is 5.69 Å². The molecule has 0 radical (unpaired) electrons. The minimum absolute atomic E-state index is 0.646. The van der Waals surface area contributed by atoms with E-state index in [0.717, 1.165) is 24.4 Å². The summed E-state index contributed by atoms with van der Waals surface area (Å²) >= 11 is 0. The highest BCUT2D eigenvalue weighted by Gasteiger charge is 2.01. The maximum Gasteiger partial charge on any atom is 0.122 e. The van der Waals surface area contributed by atoms with Crippen LogP contribution in [0.5, 0.6) is 5.75 Å². The summed E-state index contributed by atoms with van der Waals surface area (Å²) in [7, 11) is 1.70. The third kappa shape index (κ3) is 2.64. The largest absolute Gasteiger partial charge is 0.496 e. The molecular weight excluding hydrogens is 176 g/mol. The monoisotopic (exact) mass is 194 g/mol. The minimum Gasteiger partial charge on any atom is -0.496 e. The van der Waals surface area contributed by atoms with Crippen molar-refractivity contribution in [3.8, 4) is 5.75 Å². The number of ether oxygens (including phenoxy) is 1. The molecule has 0 heterocycles. The van der Waals surface area contributed by atoms with Crippen LogP contribution >= 0.6 is 0 Å². The Hall–Kier alpha value is -1.22. The quantitative estimate of drug-likeness (QED) is 0.749. The molecule has 14 heavy (non-hydrogen) atoms. The molecule has 1 aromatic carbocycles. The summed E-state index contributed by atoms with van der Waals surface area (Å²) < 4.78 is 5.24. The molecule has 1 rings (SSSR count). The molecule has 0 aliphatic carbocycles. The van der Waals surface area contributed by atoms with Gasteiger partial charge in [0.1, 0.15) is 5.75 Å². The number of nitrogens with two attached hydrogens (primary N) is 1. The molecule has 0 fully saturated rings. The van der Waals surface area contributed by atoms with Gasteiger partial charge < -0.3 is 15.8 Å². The SMILES string of the molecule is CCc1cc(NCCN)ccc1OC. The first-order chi connectivity index (χ1) is 6.81. The number of hydrogen-bond acceptors (Lipinski definition) is 3. The lowest BCUT2D eigenvalue weighted by Gasteiger charge is -2.10. The number of anilines is 1. The summed E-state index contributed by atoms with van der Waals surface area (Å²) in [6.07, 6.45) is 0.974. The fraction of sp³-hybridized carbons (Fsp3) is 0.455. The van der Waals surface area contributed by atoms with Gasteiger partial charge in [0.25, 0.3) is 0 Å². The van der Waals surface area contributed by atoms with E-state index in [-0.39, 0.29) is 0 Å². The average Bonchev–Trinajstić information content (AvgIpc) is 2.25. The summed E-state index contributed by atoms with van der Waals surface area (Å²) in [5.41, 5.74) is 7.74. The van der Waals surface area contributed by atoms with E-state index in [1.807, 2.05) is 12.1 Å². The standard InChI is InChI=1S/C11H18N2O/c1-3-9-8-10(13-7-6-12)4-5-11(9)14-2/h4-5,8,13H,3,6-7,12H2,1-2H3. The van der Waals surface area contributed by atoms with Gasteiger partial charge in [-0.25, -0.2) is 0 Å². The molecule has 3 heteroatoms. The van der Waals surface area contributed by atoms with Crippen molar-refractivity contribution in [1.82, 2.24) is 0 Å². The van der Waals surface area contributed by atoms with Crippen LogP contribution in [0.3, 0.4) is 0 Å². The van der Waals surface area contributed by atoms with Crippen molar-refractivity contribution >= 4 is 5.69 Å². The number of nitrogens with one attached hydrogen (secondary N) is 1. The van der Waals surface area contributed by atoms with Gasteiger partial charge in [-0.3, -0.25) is 0 Å². The number of methoxy groups -OCH3 is 1. The van der Waals surface area contributed by atoms with Gasteiger partial charge in [-0.1, -0.05) is 6.92 Å². The van der Waals surface area contributed by atoms with Crippen LogP contribution in [0.15, 0.2) is 18.2 Å². The summed E-state index contributed by atoms with van der Waals surface area (Å²) in [5.74, 6) is 0.950. The molecule has 0 saturated carbocycles. The lowest BCUT2D eigenvalue weighted by Crippen LogP contribution is -2.13. The van der Waals surface area contributed by atoms with Gasteiger partial charge in [0.05, 0.1) is 7.11 Å². The molecule has 3 N–H and O–H groups in total. The van der Waals surface area contributed by atoms with Crippen LogP contribution in [-0.2, 0) is 6.42 Å². The predicted octanol–water partition coefficient (Wildman–Crippen LogP) is 1.63. The number of rotatable bonds is 5. The van der Waals surface area contributed by atoms with Crippen molar-refractivity contribution in [2.75, 3.05) is 25.5 Å². The van der Waals surface area contributed by atoms with Crippen LogP contribution in [0, 0.1) is 0 Å². The summed E-state index contributed by atoms with van der Waals surface area (Å²) in [5, 5.41) is 3.24. The summed E-state index contributed by atoms with van der Waals surface area (Å²) in [4.78, 5) is 0.